The van der Waals surface area contributed by atoms with Crippen molar-refractivity contribution in [3.63, 3.8) is 0 Å². The van der Waals surface area contributed by atoms with Gasteiger partial charge in [0.25, 0.3) is 0 Å². The highest BCUT2D eigenvalue weighted by Gasteiger charge is 2.18. The molecular weight excluding hydrogens is 324 g/mol. The number of hydrogen-bond acceptors (Lipinski definition) is 3. The molecule has 2 N–H and O–H groups in total. The van der Waals surface area contributed by atoms with Crippen LogP contribution in [0.1, 0.15) is 63.9 Å². The average molecular weight is 353 g/mol. The van der Waals surface area contributed by atoms with E-state index in [2.05, 4.69) is 23.9 Å². The van der Waals surface area contributed by atoms with E-state index in [1.165, 1.54) is 12.8 Å². The van der Waals surface area contributed by atoms with Gasteiger partial charge in [-0.05, 0) is 36.5 Å². The van der Waals surface area contributed by atoms with Crippen LogP contribution < -0.4 is 10.0 Å². The first-order valence-corrected chi connectivity index (χ1v) is 10.3. The molecule has 0 radical (unpaired) electrons. The van der Waals surface area contributed by atoms with E-state index in [1.807, 2.05) is 12.1 Å². The van der Waals surface area contributed by atoms with Gasteiger partial charge in [0.1, 0.15) is 0 Å². The molecule has 1 amide bonds. The molecule has 0 spiro atoms. The van der Waals surface area contributed by atoms with E-state index >= 15 is 0 Å². The molecule has 1 saturated carbocycles. The van der Waals surface area contributed by atoms with E-state index in [0.29, 0.717) is 5.92 Å². The van der Waals surface area contributed by atoms with E-state index in [-0.39, 0.29) is 23.4 Å². The van der Waals surface area contributed by atoms with E-state index in [0.717, 1.165) is 31.2 Å². The highest BCUT2D eigenvalue weighted by Crippen LogP contribution is 2.18. The molecule has 0 heterocycles. The molecule has 1 aliphatic rings. The quantitative estimate of drug-likeness (QED) is 0.773. The number of hydrogen-bond donors (Lipinski definition) is 2. The van der Waals surface area contributed by atoms with E-state index in [4.69, 9.17) is 0 Å². The van der Waals surface area contributed by atoms with E-state index < -0.39 is 10.0 Å². The van der Waals surface area contributed by atoms with Gasteiger partial charge in [0, 0.05) is 6.04 Å². The fraction of sp³-hybridized carbons (Fsp3) is 0.611. The Balaban J connectivity index is 1.88. The van der Waals surface area contributed by atoms with Crippen LogP contribution in [0.5, 0.6) is 0 Å². The Morgan fingerprint density at radius 2 is 1.67 bits per heavy atom. The number of carbonyl (C=O) groups excluding carboxylic acids is 1. The van der Waals surface area contributed by atoms with Crippen LogP contribution >= 0.6 is 0 Å². The van der Waals surface area contributed by atoms with Gasteiger partial charge in [-0.25, -0.2) is 13.1 Å². The second-order valence-electron chi connectivity index (χ2n) is 6.80. The molecule has 2 rings (SSSR count). The van der Waals surface area contributed by atoms with Crippen molar-refractivity contribution in [2.75, 3.05) is 6.54 Å². The molecule has 6 heteroatoms. The van der Waals surface area contributed by atoms with Crippen LogP contribution in [-0.2, 0) is 14.8 Å². The molecular formula is C18H28N2O3S. The lowest BCUT2D eigenvalue weighted by molar-refractivity contribution is -0.120. The number of nitrogens with one attached hydrogen (secondary N) is 2. The molecule has 0 aliphatic heterocycles. The second-order valence-corrected chi connectivity index (χ2v) is 8.57. The predicted molar refractivity (Wildman–Crippen MR) is 95.4 cm³/mol. The van der Waals surface area contributed by atoms with Gasteiger partial charge in [0.2, 0.25) is 15.9 Å². The lowest BCUT2D eigenvalue weighted by Gasteiger charge is -2.16. The van der Waals surface area contributed by atoms with Crippen molar-refractivity contribution in [2.45, 2.75) is 69.2 Å². The van der Waals surface area contributed by atoms with Crippen molar-refractivity contribution in [3.05, 3.63) is 29.8 Å². The zero-order valence-electron chi connectivity index (χ0n) is 14.5. The smallest absolute Gasteiger partial charge is 0.241 e. The van der Waals surface area contributed by atoms with Gasteiger partial charge in [-0.2, -0.15) is 0 Å². The van der Waals surface area contributed by atoms with Gasteiger partial charge in [-0.3, -0.25) is 4.79 Å². The van der Waals surface area contributed by atoms with Gasteiger partial charge in [-0.1, -0.05) is 51.7 Å². The summed E-state index contributed by atoms with van der Waals surface area (Å²) < 4.78 is 26.9. The summed E-state index contributed by atoms with van der Waals surface area (Å²) in [5, 5.41) is 2.94. The topological polar surface area (TPSA) is 75.3 Å². The molecule has 1 aromatic carbocycles. The monoisotopic (exact) mass is 352 g/mol. The summed E-state index contributed by atoms with van der Waals surface area (Å²) in [7, 11) is -3.66. The number of carbonyl (C=O) groups is 1. The standard InChI is InChI=1S/C18H28N2O3S/c1-14(2)15-9-11-17(12-10-15)24(22,23)19-13-18(21)20-16-7-5-3-4-6-8-16/h9-12,14,16,19H,3-8,13H2,1-2H3,(H,20,21). The maximum atomic E-state index is 12.3. The van der Waals surface area contributed by atoms with Gasteiger partial charge in [0.05, 0.1) is 11.4 Å². The Labute approximate surface area is 145 Å². The zero-order valence-corrected chi connectivity index (χ0v) is 15.4. The lowest BCUT2D eigenvalue weighted by atomic mass is 10.0. The Bertz CT molecular complexity index is 631. The van der Waals surface area contributed by atoms with Gasteiger partial charge >= 0.3 is 0 Å². The molecule has 0 atom stereocenters. The van der Waals surface area contributed by atoms with Crippen LogP contribution in [0.25, 0.3) is 0 Å². The first-order valence-electron chi connectivity index (χ1n) is 8.77. The molecule has 134 valence electrons. The summed E-state index contributed by atoms with van der Waals surface area (Å²) in [5.74, 6) is 0.0874. The van der Waals surface area contributed by atoms with E-state index in [1.54, 1.807) is 12.1 Å². The molecule has 1 fully saturated rings. The van der Waals surface area contributed by atoms with Crippen LogP contribution in [0.15, 0.2) is 29.2 Å². The van der Waals surface area contributed by atoms with Crippen molar-refractivity contribution in [2.24, 2.45) is 0 Å². The van der Waals surface area contributed by atoms with Crippen LogP contribution in [-0.4, -0.2) is 26.9 Å². The Morgan fingerprint density at radius 1 is 1.08 bits per heavy atom. The maximum absolute atomic E-state index is 12.3. The van der Waals surface area contributed by atoms with Gasteiger partial charge in [-0.15, -0.1) is 0 Å². The zero-order chi connectivity index (χ0) is 17.6. The first-order chi connectivity index (χ1) is 11.4. The Hall–Kier alpha value is -1.40. The third-order valence-electron chi connectivity index (χ3n) is 4.50. The Morgan fingerprint density at radius 3 is 2.21 bits per heavy atom. The number of rotatable bonds is 6. The minimum atomic E-state index is -3.66. The molecule has 0 unspecified atom stereocenters. The van der Waals surface area contributed by atoms with Crippen molar-refractivity contribution in [1.82, 2.24) is 10.0 Å². The highest BCUT2D eigenvalue weighted by molar-refractivity contribution is 7.89. The third-order valence-corrected chi connectivity index (χ3v) is 5.92. The van der Waals surface area contributed by atoms with Crippen molar-refractivity contribution < 1.29 is 13.2 Å². The summed E-state index contributed by atoms with van der Waals surface area (Å²) in [4.78, 5) is 12.2. The molecule has 0 aromatic heterocycles. The normalized spacial score (nSPS) is 16.8. The number of amides is 1. The maximum Gasteiger partial charge on any atom is 0.241 e. The van der Waals surface area contributed by atoms with Crippen LogP contribution in [0.2, 0.25) is 0 Å². The van der Waals surface area contributed by atoms with Crippen LogP contribution in [0.3, 0.4) is 0 Å². The second kappa shape index (κ2) is 8.62. The fourth-order valence-corrected chi connectivity index (χ4v) is 3.96. The molecule has 1 aromatic rings. The van der Waals surface area contributed by atoms with Crippen LogP contribution in [0.4, 0.5) is 0 Å². The van der Waals surface area contributed by atoms with Crippen molar-refractivity contribution in [1.29, 1.82) is 0 Å². The largest absolute Gasteiger partial charge is 0.352 e. The van der Waals surface area contributed by atoms with Gasteiger partial charge < -0.3 is 5.32 Å². The summed E-state index contributed by atoms with van der Waals surface area (Å²) in [6.45, 7) is 3.89. The molecule has 0 saturated heterocycles. The lowest BCUT2D eigenvalue weighted by Crippen LogP contribution is -2.41. The summed E-state index contributed by atoms with van der Waals surface area (Å²) >= 11 is 0. The molecule has 0 bridgehead atoms. The van der Waals surface area contributed by atoms with E-state index in [9.17, 15) is 13.2 Å². The predicted octanol–water partition coefficient (Wildman–Crippen LogP) is 2.93. The van der Waals surface area contributed by atoms with Gasteiger partial charge in [0.15, 0.2) is 0 Å². The average Bonchev–Trinajstić information content (AvgIpc) is 2.82. The number of benzene rings is 1. The minimum absolute atomic E-state index is 0.176. The molecule has 24 heavy (non-hydrogen) atoms. The highest BCUT2D eigenvalue weighted by atomic mass is 32.2. The Kier molecular flexibility index (Phi) is 6.80. The summed E-state index contributed by atoms with van der Waals surface area (Å²) in [6.07, 6.45) is 6.64. The summed E-state index contributed by atoms with van der Waals surface area (Å²) in [6, 6.07) is 6.96. The molecule has 1 aliphatic carbocycles. The molecule has 5 nitrogen and oxygen atoms in total. The third kappa shape index (κ3) is 5.60. The van der Waals surface area contributed by atoms with Crippen molar-refractivity contribution in [3.8, 4) is 0 Å². The number of sulfonamides is 1. The summed E-state index contributed by atoms with van der Waals surface area (Å²) in [5.41, 5.74) is 1.08. The van der Waals surface area contributed by atoms with Crippen LogP contribution in [0, 0.1) is 0 Å². The van der Waals surface area contributed by atoms with Crippen molar-refractivity contribution >= 4 is 15.9 Å². The minimum Gasteiger partial charge on any atom is -0.352 e. The fourth-order valence-electron chi connectivity index (χ4n) is 2.98. The first kappa shape index (κ1) is 18.9. The SMILES string of the molecule is CC(C)c1ccc(S(=O)(=O)NCC(=O)NC2CCCCCC2)cc1.